The van der Waals surface area contributed by atoms with E-state index in [4.69, 9.17) is 5.73 Å². The molecule has 13 heavy (non-hydrogen) atoms. The van der Waals surface area contributed by atoms with E-state index in [9.17, 15) is 0 Å². The Morgan fingerprint density at radius 2 is 2.00 bits per heavy atom. The van der Waals surface area contributed by atoms with E-state index in [1.807, 2.05) is 5.38 Å². The van der Waals surface area contributed by atoms with E-state index in [2.05, 4.69) is 30.9 Å². The van der Waals surface area contributed by atoms with E-state index in [0.29, 0.717) is 0 Å². The highest BCUT2D eigenvalue weighted by Crippen LogP contribution is 2.24. The molecule has 0 amide bonds. The van der Waals surface area contributed by atoms with Gasteiger partial charge in [0.1, 0.15) is 9.61 Å². The summed E-state index contributed by atoms with van der Waals surface area (Å²) in [5.74, 6) is 0.277. The second-order valence-electron chi connectivity index (χ2n) is 2.31. The van der Waals surface area contributed by atoms with E-state index < -0.39 is 0 Å². The Morgan fingerprint density at radius 1 is 1.31 bits per heavy atom. The molecule has 0 aliphatic carbocycles. The summed E-state index contributed by atoms with van der Waals surface area (Å²) in [6.07, 6.45) is 3.32. The van der Waals surface area contributed by atoms with E-state index in [1.165, 1.54) is 11.3 Å². The summed E-state index contributed by atoms with van der Waals surface area (Å²) in [5.41, 5.74) is 6.24. The molecule has 0 saturated heterocycles. The van der Waals surface area contributed by atoms with Gasteiger partial charge in [-0.1, -0.05) is 0 Å². The maximum atomic E-state index is 5.36. The molecule has 2 aromatic heterocycles. The number of halogens is 1. The zero-order chi connectivity index (χ0) is 9.26. The lowest BCUT2D eigenvalue weighted by Crippen LogP contribution is -1.93. The summed E-state index contributed by atoms with van der Waals surface area (Å²) in [4.78, 5) is 12.0. The van der Waals surface area contributed by atoms with Crippen LogP contribution in [-0.4, -0.2) is 15.0 Å². The van der Waals surface area contributed by atoms with Crippen molar-refractivity contribution in [1.82, 2.24) is 15.0 Å². The summed E-state index contributed by atoms with van der Waals surface area (Å²) in [7, 11) is 0. The summed E-state index contributed by atoms with van der Waals surface area (Å²) < 4.78 is 0.823. The van der Waals surface area contributed by atoms with Gasteiger partial charge >= 0.3 is 0 Å². The molecule has 0 bridgehead atoms. The van der Waals surface area contributed by atoms with Crippen molar-refractivity contribution in [2.45, 2.75) is 0 Å². The molecule has 2 aromatic rings. The van der Waals surface area contributed by atoms with Gasteiger partial charge in [0.25, 0.3) is 0 Å². The molecule has 0 saturated carbocycles. The summed E-state index contributed by atoms with van der Waals surface area (Å²) in [6.45, 7) is 0. The number of hydrogen-bond donors (Lipinski definition) is 1. The summed E-state index contributed by atoms with van der Waals surface area (Å²) in [6, 6.07) is 0. The van der Waals surface area contributed by atoms with Crippen LogP contribution in [0.15, 0.2) is 22.4 Å². The first-order valence-electron chi connectivity index (χ1n) is 3.44. The van der Waals surface area contributed by atoms with Crippen molar-refractivity contribution in [2.24, 2.45) is 0 Å². The van der Waals surface area contributed by atoms with E-state index in [0.717, 1.165) is 15.2 Å². The molecule has 2 rings (SSSR count). The normalized spacial score (nSPS) is 10.2. The summed E-state index contributed by atoms with van der Waals surface area (Å²) in [5, 5.41) is 2.79. The van der Waals surface area contributed by atoms with Gasteiger partial charge in [-0.2, -0.15) is 0 Å². The molecule has 66 valence electrons. The van der Waals surface area contributed by atoms with Crippen molar-refractivity contribution in [3.63, 3.8) is 0 Å². The van der Waals surface area contributed by atoms with Crippen molar-refractivity contribution < 1.29 is 0 Å². The number of nitrogens with zero attached hydrogens (tertiary/aromatic N) is 3. The average molecular weight is 257 g/mol. The lowest BCUT2D eigenvalue weighted by Gasteiger charge is -1.94. The molecule has 6 heteroatoms. The zero-order valence-corrected chi connectivity index (χ0v) is 8.84. The number of aromatic nitrogens is 3. The Hall–Kier alpha value is -1.01. The third-order valence-electron chi connectivity index (χ3n) is 1.39. The van der Waals surface area contributed by atoms with Crippen LogP contribution in [0.25, 0.3) is 10.6 Å². The first-order chi connectivity index (χ1) is 6.25. The Bertz CT molecular complexity index is 411. The van der Waals surface area contributed by atoms with Crippen molar-refractivity contribution >= 4 is 33.2 Å². The van der Waals surface area contributed by atoms with Gasteiger partial charge in [-0.05, 0) is 15.9 Å². The fourth-order valence-corrected chi connectivity index (χ4v) is 2.06. The predicted octanol–water partition coefficient (Wildman–Crippen LogP) is 1.94. The molecule has 0 radical (unpaired) electrons. The molecule has 0 unspecified atom stereocenters. The van der Waals surface area contributed by atoms with Crippen LogP contribution in [0.2, 0.25) is 0 Å². The second-order valence-corrected chi connectivity index (χ2v) is 3.98. The molecule has 0 atom stereocenters. The number of nitrogen functional groups attached to an aromatic ring is 1. The first-order valence-corrected chi connectivity index (χ1v) is 5.12. The molecule has 0 spiro atoms. The fraction of sp³-hybridized carbons (Fsp3) is 0. The first kappa shape index (κ1) is 8.58. The van der Waals surface area contributed by atoms with Crippen LogP contribution in [0.1, 0.15) is 0 Å². The van der Waals surface area contributed by atoms with Crippen LogP contribution < -0.4 is 5.73 Å². The second kappa shape index (κ2) is 3.39. The molecule has 0 fully saturated rings. The van der Waals surface area contributed by atoms with E-state index >= 15 is 0 Å². The van der Waals surface area contributed by atoms with Crippen LogP contribution in [-0.2, 0) is 0 Å². The van der Waals surface area contributed by atoms with E-state index in [-0.39, 0.29) is 5.95 Å². The van der Waals surface area contributed by atoms with Crippen molar-refractivity contribution in [3.05, 3.63) is 22.4 Å². The SMILES string of the molecule is Nc1ncc(-c2nc(Br)cs2)cn1. The smallest absolute Gasteiger partial charge is 0.219 e. The van der Waals surface area contributed by atoms with Crippen LogP contribution in [0.4, 0.5) is 5.95 Å². The van der Waals surface area contributed by atoms with Crippen molar-refractivity contribution in [2.75, 3.05) is 5.73 Å². The summed E-state index contributed by atoms with van der Waals surface area (Å²) >= 11 is 4.81. The van der Waals surface area contributed by atoms with Crippen LogP contribution in [0, 0.1) is 0 Å². The Labute approximate surface area is 87.0 Å². The third kappa shape index (κ3) is 1.84. The monoisotopic (exact) mass is 256 g/mol. The number of anilines is 1. The van der Waals surface area contributed by atoms with Gasteiger partial charge < -0.3 is 5.73 Å². The fourth-order valence-electron chi connectivity index (χ4n) is 0.835. The molecule has 2 heterocycles. The molecule has 0 aliphatic rings. The minimum atomic E-state index is 0.277. The highest BCUT2D eigenvalue weighted by molar-refractivity contribution is 9.10. The topological polar surface area (TPSA) is 64.7 Å². The lowest BCUT2D eigenvalue weighted by atomic mass is 10.4. The third-order valence-corrected chi connectivity index (χ3v) is 3.00. The van der Waals surface area contributed by atoms with Gasteiger partial charge in [-0.15, -0.1) is 11.3 Å². The number of nitrogens with two attached hydrogens (primary N) is 1. The van der Waals surface area contributed by atoms with Crippen molar-refractivity contribution in [1.29, 1.82) is 0 Å². The van der Waals surface area contributed by atoms with Crippen molar-refractivity contribution in [3.8, 4) is 10.6 Å². The van der Waals surface area contributed by atoms with E-state index in [1.54, 1.807) is 12.4 Å². The van der Waals surface area contributed by atoms with Gasteiger partial charge in [0, 0.05) is 23.3 Å². The average Bonchev–Trinajstić information content (AvgIpc) is 2.53. The van der Waals surface area contributed by atoms with Gasteiger partial charge in [-0.3, -0.25) is 0 Å². The minimum Gasteiger partial charge on any atom is -0.368 e. The van der Waals surface area contributed by atoms with Gasteiger partial charge in [0.2, 0.25) is 5.95 Å². The predicted molar refractivity (Wildman–Crippen MR) is 55.3 cm³/mol. The lowest BCUT2D eigenvalue weighted by molar-refractivity contribution is 1.18. The van der Waals surface area contributed by atoms with Crippen LogP contribution in [0.5, 0.6) is 0 Å². The highest BCUT2D eigenvalue weighted by Gasteiger charge is 2.03. The van der Waals surface area contributed by atoms with Crippen LogP contribution >= 0.6 is 27.3 Å². The molecule has 4 nitrogen and oxygen atoms in total. The number of rotatable bonds is 1. The molecular weight excluding hydrogens is 252 g/mol. The van der Waals surface area contributed by atoms with Gasteiger partial charge in [0.05, 0.1) is 0 Å². The number of thiazole rings is 1. The standard InChI is InChI=1S/C7H5BrN4S/c8-5-3-13-6(12-5)4-1-10-7(9)11-2-4/h1-3H,(H2,9,10,11). The zero-order valence-electron chi connectivity index (χ0n) is 6.44. The Morgan fingerprint density at radius 3 is 2.54 bits per heavy atom. The molecule has 2 N–H and O–H groups in total. The Balaban J connectivity index is 2.41. The van der Waals surface area contributed by atoms with Crippen LogP contribution in [0.3, 0.4) is 0 Å². The Kier molecular flexibility index (Phi) is 2.24. The minimum absolute atomic E-state index is 0.277. The molecule has 0 aliphatic heterocycles. The number of hydrogen-bond acceptors (Lipinski definition) is 5. The van der Waals surface area contributed by atoms with Gasteiger partial charge in [-0.25, -0.2) is 15.0 Å². The maximum Gasteiger partial charge on any atom is 0.219 e. The van der Waals surface area contributed by atoms with Gasteiger partial charge in [0.15, 0.2) is 0 Å². The highest BCUT2D eigenvalue weighted by atomic mass is 79.9. The molecular formula is C7H5BrN4S. The maximum absolute atomic E-state index is 5.36. The quantitative estimate of drug-likeness (QED) is 0.847. The largest absolute Gasteiger partial charge is 0.368 e. The molecule has 0 aromatic carbocycles.